The minimum absolute atomic E-state index is 0.155. The van der Waals surface area contributed by atoms with Gasteiger partial charge in [-0.15, -0.1) is 0 Å². The van der Waals surface area contributed by atoms with Crippen LogP contribution < -0.4 is 0 Å². The summed E-state index contributed by atoms with van der Waals surface area (Å²) < 4.78 is 10.5. The molecule has 78 valence electrons. The third kappa shape index (κ3) is 3.34. The average Bonchev–Trinajstić information content (AvgIpc) is 2.56. The van der Waals surface area contributed by atoms with Crippen LogP contribution in [0.2, 0.25) is 0 Å². The van der Waals surface area contributed by atoms with Gasteiger partial charge in [0.1, 0.15) is 0 Å². The molecule has 0 aromatic carbocycles. The fraction of sp³-hybridized carbons (Fsp3) is 0.545. The maximum Gasteiger partial charge on any atom is 0.335 e. The third-order valence-electron chi connectivity index (χ3n) is 1.97. The molecular formula is C11H16O3. The van der Waals surface area contributed by atoms with E-state index in [-0.39, 0.29) is 6.10 Å². The highest BCUT2D eigenvalue weighted by Gasteiger charge is 2.17. The van der Waals surface area contributed by atoms with Crippen LogP contribution in [0.3, 0.4) is 0 Å². The number of rotatable bonds is 4. The van der Waals surface area contributed by atoms with Gasteiger partial charge < -0.3 is 9.47 Å². The van der Waals surface area contributed by atoms with Crippen molar-refractivity contribution in [3.8, 4) is 0 Å². The van der Waals surface area contributed by atoms with E-state index in [4.69, 9.17) is 9.47 Å². The predicted molar refractivity (Wildman–Crippen MR) is 53.6 cm³/mol. The molecule has 3 nitrogen and oxygen atoms in total. The van der Waals surface area contributed by atoms with Crippen molar-refractivity contribution in [3.63, 3.8) is 0 Å². The predicted octanol–water partition coefficient (Wildman–Crippen LogP) is 2.19. The first-order valence-corrected chi connectivity index (χ1v) is 4.76. The normalized spacial score (nSPS) is 18.1. The summed E-state index contributed by atoms with van der Waals surface area (Å²) in [5.74, 6) is -0.400. The highest BCUT2D eigenvalue weighted by atomic mass is 16.7. The summed E-state index contributed by atoms with van der Waals surface area (Å²) in [6.07, 6.45) is 5.59. The van der Waals surface area contributed by atoms with E-state index in [0.29, 0.717) is 5.57 Å². The molecule has 0 aliphatic heterocycles. The highest BCUT2D eigenvalue weighted by molar-refractivity contribution is 5.86. The van der Waals surface area contributed by atoms with Gasteiger partial charge in [0.15, 0.2) is 0 Å². The van der Waals surface area contributed by atoms with E-state index < -0.39 is 12.3 Å². The molecule has 14 heavy (non-hydrogen) atoms. The Morgan fingerprint density at radius 3 is 2.57 bits per heavy atom. The van der Waals surface area contributed by atoms with Crippen LogP contribution >= 0.6 is 0 Å². The summed E-state index contributed by atoms with van der Waals surface area (Å²) in [6.45, 7) is 6.84. The lowest BCUT2D eigenvalue weighted by Gasteiger charge is -2.18. The smallest absolute Gasteiger partial charge is 0.335 e. The first-order chi connectivity index (χ1) is 6.59. The maximum atomic E-state index is 11.1. The van der Waals surface area contributed by atoms with Crippen molar-refractivity contribution in [2.24, 2.45) is 0 Å². The topological polar surface area (TPSA) is 35.5 Å². The van der Waals surface area contributed by atoms with Crippen LogP contribution in [0.15, 0.2) is 24.3 Å². The summed E-state index contributed by atoms with van der Waals surface area (Å²) in [5, 5.41) is 0. The number of hydrogen-bond donors (Lipinski definition) is 0. The lowest BCUT2D eigenvalue weighted by molar-refractivity contribution is -0.179. The van der Waals surface area contributed by atoms with Crippen molar-refractivity contribution in [2.75, 3.05) is 0 Å². The van der Waals surface area contributed by atoms with Crippen molar-refractivity contribution in [3.05, 3.63) is 24.3 Å². The van der Waals surface area contributed by atoms with Crippen molar-refractivity contribution >= 4 is 5.97 Å². The molecule has 0 aromatic rings. The van der Waals surface area contributed by atoms with Crippen molar-refractivity contribution in [2.45, 2.75) is 39.1 Å². The van der Waals surface area contributed by atoms with Gasteiger partial charge in [0, 0.05) is 5.57 Å². The molecule has 0 fully saturated rings. The number of hydrogen-bond acceptors (Lipinski definition) is 3. The molecule has 0 saturated carbocycles. The van der Waals surface area contributed by atoms with Gasteiger partial charge in [0.25, 0.3) is 0 Å². The Kier molecular flexibility index (Phi) is 3.89. The molecule has 0 N–H and O–H groups in total. The molecule has 3 heteroatoms. The summed E-state index contributed by atoms with van der Waals surface area (Å²) >= 11 is 0. The first kappa shape index (κ1) is 11.0. The standard InChI is InChI=1S/C11H16O3/c1-8(2)11(12)14-9(3)13-10-6-4-5-7-10/h4-5,9-10H,1,6-7H2,2-3H3. The van der Waals surface area contributed by atoms with E-state index in [2.05, 4.69) is 18.7 Å². The first-order valence-electron chi connectivity index (χ1n) is 4.76. The lowest BCUT2D eigenvalue weighted by Crippen LogP contribution is -2.23. The maximum absolute atomic E-state index is 11.1. The number of esters is 1. The van der Waals surface area contributed by atoms with Crippen LogP contribution in [0.1, 0.15) is 26.7 Å². The van der Waals surface area contributed by atoms with E-state index in [1.807, 2.05) is 0 Å². The molecule has 1 rings (SSSR count). The SMILES string of the molecule is C=C(C)C(=O)OC(C)OC1CC=CC1. The van der Waals surface area contributed by atoms with Crippen LogP contribution in [0.25, 0.3) is 0 Å². The minimum atomic E-state index is -0.496. The molecule has 1 aliphatic carbocycles. The molecule has 0 amide bonds. The summed E-state index contributed by atoms with van der Waals surface area (Å²) in [7, 11) is 0. The lowest BCUT2D eigenvalue weighted by atomic mass is 10.3. The van der Waals surface area contributed by atoms with Gasteiger partial charge in [-0.3, -0.25) is 0 Å². The van der Waals surface area contributed by atoms with Gasteiger partial charge in [0.2, 0.25) is 6.29 Å². The van der Waals surface area contributed by atoms with Crippen LogP contribution in [0, 0.1) is 0 Å². The second-order valence-corrected chi connectivity index (χ2v) is 3.45. The molecule has 1 unspecified atom stereocenters. The Balaban J connectivity index is 2.24. The van der Waals surface area contributed by atoms with Crippen LogP contribution in [0.4, 0.5) is 0 Å². The summed E-state index contributed by atoms with van der Waals surface area (Å²) in [5.41, 5.74) is 0.394. The number of carbonyl (C=O) groups is 1. The highest BCUT2D eigenvalue weighted by Crippen LogP contribution is 2.16. The Morgan fingerprint density at radius 2 is 2.07 bits per heavy atom. The second kappa shape index (κ2) is 4.96. The molecule has 0 aromatic heterocycles. The quantitative estimate of drug-likeness (QED) is 0.299. The van der Waals surface area contributed by atoms with E-state index in [0.717, 1.165) is 12.8 Å². The Bertz CT molecular complexity index is 247. The average molecular weight is 196 g/mol. The zero-order valence-corrected chi connectivity index (χ0v) is 8.66. The van der Waals surface area contributed by atoms with E-state index in [1.165, 1.54) is 0 Å². The van der Waals surface area contributed by atoms with Crippen LogP contribution in [-0.2, 0) is 14.3 Å². The molecule has 0 spiro atoms. The number of carbonyl (C=O) groups excluding carboxylic acids is 1. The molecule has 0 heterocycles. The fourth-order valence-corrected chi connectivity index (χ4v) is 1.25. The van der Waals surface area contributed by atoms with Gasteiger partial charge in [-0.1, -0.05) is 18.7 Å². The molecule has 0 bridgehead atoms. The fourth-order valence-electron chi connectivity index (χ4n) is 1.25. The monoisotopic (exact) mass is 196 g/mol. The molecule has 1 aliphatic rings. The van der Waals surface area contributed by atoms with Gasteiger partial charge in [0.05, 0.1) is 6.10 Å². The zero-order chi connectivity index (χ0) is 10.6. The van der Waals surface area contributed by atoms with Gasteiger partial charge in [-0.25, -0.2) is 4.79 Å². The molecule has 0 saturated heterocycles. The zero-order valence-electron chi connectivity index (χ0n) is 8.66. The molecule has 1 atom stereocenters. The van der Waals surface area contributed by atoms with Crippen molar-refractivity contribution in [1.29, 1.82) is 0 Å². The molecular weight excluding hydrogens is 180 g/mol. The van der Waals surface area contributed by atoms with Crippen LogP contribution in [0.5, 0.6) is 0 Å². The largest absolute Gasteiger partial charge is 0.433 e. The van der Waals surface area contributed by atoms with Gasteiger partial charge in [-0.05, 0) is 26.7 Å². The van der Waals surface area contributed by atoms with E-state index >= 15 is 0 Å². The second-order valence-electron chi connectivity index (χ2n) is 3.45. The van der Waals surface area contributed by atoms with E-state index in [9.17, 15) is 4.79 Å². The van der Waals surface area contributed by atoms with Crippen molar-refractivity contribution in [1.82, 2.24) is 0 Å². The van der Waals surface area contributed by atoms with Crippen molar-refractivity contribution < 1.29 is 14.3 Å². The minimum Gasteiger partial charge on any atom is -0.433 e. The Hall–Kier alpha value is -1.09. The Morgan fingerprint density at radius 1 is 1.50 bits per heavy atom. The summed E-state index contributed by atoms with van der Waals surface area (Å²) in [6, 6.07) is 0. The summed E-state index contributed by atoms with van der Waals surface area (Å²) in [4.78, 5) is 11.1. The van der Waals surface area contributed by atoms with Crippen LogP contribution in [-0.4, -0.2) is 18.4 Å². The van der Waals surface area contributed by atoms with E-state index in [1.54, 1.807) is 13.8 Å². The molecule has 0 radical (unpaired) electrons. The third-order valence-corrected chi connectivity index (χ3v) is 1.97. The van der Waals surface area contributed by atoms with Gasteiger partial charge >= 0.3 is 5.97 Å². The number of ether oxygens (including phenoxy) is 2. The Labute approximate surface area is 84.4 Å². The van der Waals surface area contributed by atoms with Gasteiger partial charge in [-0.2, -0.15) is 0 Å².